The summed E-state index contributed by atoms with van der Waals surface area (Å²) in [5.74, 6) is 0.276. The van der Waals surface area contributed by atoms with E-state index in [1.54, 1.807) is 23.1 Å². The lowest BCUT2D eigenvalue weighted by molar-refractivity contribution is -0.132. The summed E-state index contributed by atoms with van der Waals surface area (Å²) in [6, 6.07) is 5.05. The molecule has 2 amide bonds. The van der Waals surface area contributed by atoms with E-state index in [2.05, 4.69) is 4.90 Å². The lowest BCUT2D eigenvalue weighted by Gasteiger charge is -2.33. The van der Waals surface area contributed by atoms with Crippen LogP contribution in [0.15, 0.2) is 18.2 Å². The van der Waals surface area contributed by atoms with E-state index < -0.39 is 0 Å². The van der Waals surface area contributed by atoms with Crippen LogP contribution in [0.2, 0.25) is 5.02 Å². The standard InChI is InChI=1S/C16H22ClN3O3/c1-12(21)20(13-4-5-15(23-3)14(17)10-13)11-16(22)19-8-6-18(2)7-9-19/h4-5,10H,6-9,11H2,1-3H3. The van der Waals surface area contributed by atoms with Gasteiger partial charge in [0.15, 0.2) is 0 Å². The largest absolute Gasteiger partial charge is 0.495 e. The first-order valence-electron chi connectivity index (χ1n) is 7.50. The summed E-state index contributed by atoms with van der Waals surface area (Å²) in [6.07, 6.45) is 0. The number of ether oxygens (including phenoxy) is 1. The van der Waals surface area contributed by atoms with Gasteiger partial charge in [0.2, 0.25) is 11.8 Å². The number of halogens is 1. The first-order valence-corrected chi connectivity index (χ1v) is 7.88. The molecule has 0 bridgehead atoms. The van der Waals surface area contributed by atoms with Crippen LogP contribution in [0.4, 0.5) is 5.69 Å². The number of methoxy groups -OCH3 is 1. The number of nitrogens with zero attached hydrogens (tertiary/aromatic N) is 3. The van der Waals surface area contributed by atoms with Crippen molar-refractivity contribution in [2.75, 3.05) is 51.8 Å². The van der Waals surface area contributed by atoms with E-state index in [1.807, 2.05) is 7.05 Å². The molecule has 2 rings (SSSR count). The highest BCUT2D eigenvalue weighted by Gasteiger charge is 2.23. The second-order valence-corrected chi connectivity index (χ2v) is 6.02. The molecule has 0 radical (unpaired) electrons. The normalized spacial score (nSPS) is 15.4. The summed E-state index contributed by atoms with van der Waals surface area (Å²) in [5, 5.41) is 0.406. The third-order valence-corrected chi connectivity index (χ3v) is 4.27. The number of benzene rings is 1. The van der Waals surface area contributed by atoms with Crippen LogP contribution >= 0.6 is 11.6 Å². The summed E-state index contributed by atoms with van der Waals surface area (Å²) in [7, 11) is 3.56. The first kappa shape index (κ1) is 17.6. The van der Waals surface area contributed by atoms with E-state index in [9.17, 15) is 9.59 Å². The number of hydrogen-bond donors (Lipinski definition) is 0. The monoisotopic (exact) mass is 339 g/mol. The zero-order valence-electron chi connectivity index (χ0n) is 13.7. The smallest absolute Gasteiger partial charge is 0.242 e. The quantitative estimate of drug-likeness (QED) is 0.833. The number of hydrogen-bond acceptors (Lipinski definition) is 4. The average molecular weight is 340 g/mol. The fraction of sp³-hybridized carbons (Fsp3) is 0.500. The molecule has 0 N–H and O–H groups in total. The summed E-state index contributed by atoms with van der Waals surface area (Å²) in [6.45, 7) is 4.52. The Morgan fingerprint density at radius 1 is 1.26 bits per heavy atom. The van der Waals surface area contributed by atoms with Crippen molar-refractivity contribution in [3.05, 3.63) is 23.2 Å². The second kappa shape index (κ2) is 7.66. The molecule has 7 heteroatoms. The van der Waals surface area contributed by atoms with Gasteiger partial charge in [0.1, 0.15) is 12.3 Å². The minimum Gasteiger partial charge on any atom is -0.495 e. The van der Waals surface area contributed by atoms with Crippen LogP contribution < -0.4 is 9.64 Å². The van der Waals surface area contributed by atoms with Gasteiger partial charge in [0, 0.05) is 38.8 Å². The molecule has 1 heterocycles. The van der Waals surface area contributed by atoms with Gasteiger partial charge in [-0.2, -0.15) is 0 Å². The van der Waals surface area contributed by atoms with Crippen LogP contribution in [0.3, 0.4) is 0 Å². The highest BCUT2D eigenvalue weighted by Crippen LogP contribution is 2.29. The Hall–Kier alpha value is -1.79. The Morgan fingerprint density at radius 2 is 1.91 bits per heavy atom. The molecule has 0 aromatic heterocycles. The molecule has 1 aromatic carbocycles. The second-order valence-electron chi connectivity index (χ2n) is 5.61. The van der Waals surface area contributed by atoms with Gasteiger partial charge in [-0.1, -0.05) is 11.6 Å². The van der Waals surface area contributed by atoms with Gasteiger partial charge in [-0.25, -0.2) is 0 Å². The van der Waals surface area contributed by atoms with Crippen LogP contribution in [0.25, 0.3) is 0 Å². The first-order chi connectivity index (χ1) is 10.9. The van der Waals surface area contributed by atoms with Crippen molar-refractivity contribution in [3.8, 4) is 5.75 Å². The minimum absolute atomic E-state index is 0.0156. The molecule has 1 aliphatic rings. The Morgan fingerprint density at radius 3 is 2.43 bits per heavy atom. The number of carbonyl (C=O) groups is 2. The molecule has 1 aromatic rings. The van der Waals surface area contributed by atoms with Gasteiger partial charge >= 0.3 is 0 Å². The Bertz CT molecular complexity index is 586. The Balaban J connectivity index is 2.11. The SMILES string of the molecule is COc1ccc(N(CC(=O)N2CCN(C)CC2)C(C)=O)cc1Cl. The number of piperazine rings is 1. The molecular formula is C16H22ClN3O3. The van der Waals surface area contributed by atoms with Crippen molar-refractivity contribution < 1.29 is 14.3 Å². The number of carbonyl (C=O) groups excluding carboxylic acids is 2. The summed E-state index contributed by atoms with van der Waals surface area (Å²) < 4.78 is 5.11. The number of anilines is 1. The molecule has 0 saturated carbocycles. The van der Waals surface area contributed by atoms with Gasteiger partial charge in [0.25, 0.3) is 0 Å². The minimum atomic E-state index is -0.200. The molecule has 1 aliphatic heterocycles. The molecule has 0 unspecified atom stereocenters. The van der Waals surface area contributed by atoms with Gasteiger partial charge in [-0.05, 0) is 25.2 Å². The van der Waals surface area contributed by atoms with Gasteiger partial charge in [0.05, 0.1) is 12.1 Å². The average Bonchev–Trinajstić information content (AvgIpc) is 2.52. The van der Waals surface area contributed by atoms with Crippen LogP contribution in [0, 0.1) is 0 Å². The molecule has 6 nitrogen and oxygen atoms in total. The van der Waals surface area contributed by atoms with Crippen LogP contribution in [0.1, 0.15) is 6.92 Å². The summed E-state index contributed by atoms with van der Waals surface area (Å²) in [5.41, 5.74) is 0.589. The maximum absolute atomic E-state index is 12.5. The number of rotatable bonds is 4. The van der Waals surface area contributed by atoms with Crippen molar-refractivity contribution in [1.82, 2.24) is 9.80 Å². The molecule has 126 valence electrons. The van der Waals surface area contributed by atoms with Crippen molar-refractivity contribution >= 4 is 29.1 Å². The van der Waals surface area contributed by atoms with Crippen LogP contribution in [-0.2, 0) is 9.59 Å². The van der Waals surface area contributed by atoms with E-state index in [0.717, 1.165) is 13.1 Å². The van der Waals surface area contributed by atoms with E-state index in [-0.39, 0.29) is 18.4 Å². The Labute approximate surface area is 141 Å². The van der Waals surface area contributed by atoms with E-state index in [1.165, 1.54) is 18.9 Å². The van der Waals surface area contributed by atoms with Crippen molar-refractivity contribution in [1.29, 1.82) is 0 Å². The van der Waals surface area contributed by atoms with Crippen molar-refractivity contribution in [2.45, 2.75) is 6.92 Å². The van der Waals surface area contributed by atoms with Crippen molar-refractivity contribution in [2.24, 2.45) is 0 Å². The van der Waals surface area contributed by atoms with Crippen molar-refractivity contribution in [3.63, 3.8) is 0 Å². The van der Waals surface area contributed by atoms with E-state index >= 15 is 0 Å². The molecule has 0 spiro atoms. The Kier molecular flexibility index (Phi) is 5.85. The molecular weight excluding hydrogens is 318 g/mol. The lowest BCUT2D eigenvalue weighted by atomic mass is 10.2. The van der Waals surface area contributed by atoms with Gasteiger partial charge < -0.3 is 19.4 Å². The predicted molar refractivity (Wildman–Crippen MR) is 90.1 cm³/mol. The third kappa shape index (κ3) is 4.36. The topological polar surface area (TPSA) is 53.1 Å². The van der Waals surface area contributed by atoms with Crippen LogP contribution in [-0.4, -0.2) is 68.5 Å². The number of amides is 2. The number of likely N-dealkylation sites (N-methyl/N-ethyl adjacent to an activating group) is 1. The molecule has 0 aliphatic carbocycles. The maximum atomic E-state index is 12.5. The molecule has 0 atom stereocenters. The van der Waals surface area contributed by atoms with E-state index in [0.29, 0.717) is 29.5 Å². The van der Waals surface area contributed by atoms with Gasteiger partial charge in [-0.15, -0.1) is 0 Å². The highest BCUT2D eigenvalue weighted by molar-refractivity contribution is 6.32. The molecule has 1 saturated heterocycles. The zero-order chi connectivity index (χ0) is 17.0. The lowest BCUT2D eigenvalue weighted by Crippen LogP contribution is -2.50. The molecule has 1 fully saturated rings. The summed E-state index contributed by atoms with van der Waals surface area (Å²) in [4.78, 5) is 29.8. The summed E-state index contributed by atoms with van der Waals surface area (Å²) >= 11 is 6.12. The fourth-order valence-electron chi connectivity index (χ4n) is 2.50. The van der Waals surface area contributed by atoms with E-state index in [4.69, 9.17) is 16.3 Å². The third-order valence-electron chi connectivity index (χ3n) is 3.98. The predicted octanol–water partition coefficient (Wildman–Crippen LogP) is 1.48. The highest BCUT2D eigenvalue weighted by atomic mass is 35.5. The molecule has 23 heavy (non-hydrogen) atoms. The van der Waals surface area contributed by atoms with Gasteiger partial charge in [-0.3, -0.25) is 9.59 Å². The van der Waals surface area contributed by atoms with Crippen LogP contribution in [0.5, 0.6) is 5.75 Å². The maximum Gasteiger partial charge on any atom is 0.242 e. The fourth-order valence-corrected chi connectivity index (χ4v) is 2.75. The zero-order valence-corrected chi connectivity index (χ0v) is 14.5.